The minimum absolute atomic E-state index is 0.142. The van der Waals surface area contributed by atoms with E-state index in [-0.39, 0.29) is 6.10 Å². The van der Waals surface area contributed by atoms with Crippen LogP contribution in [0.25, 0.3) is 0 Å². The molecule has 0 radical (unpaired) electrons. The molecule has 17 heavy (non-hydrogen) atoms. The number of aromatic nitrogens is 2. The van der Waals surface area contributed by atoms with Crippen LogP contribution in [0.15, 0.2) is 30.0 Å². The second kappa shape index (κ2) is 5.63. The highest BCUT2D eigenvalue weighted by Gasteiger charge is 2.06. The van der Waals surface area contributed by atoms with Gasteiger partial charge in [0.05, 0.1) is 18.2 Å². The summed E-state index contributed by atoms with van der Waals surface area (Å²) in [5.74, 6) is 1.56. The summed E-state index contributed by atoms with van der Waals surface area (Å²) in [5, 5.41) is 3.26. The predicted octanol–water partition coefficient (Wildman–Crippen LogP) is 2.94. The quantitative estimate of drug-likeness (QED) is 0.885. The van der Waals surface area contributed by atoms with Gasteiger partial charge >= 0.3 is 0 Å². The first-order valence-electron chi connectivity index (χ1n) is 5.48. The second-order valence-corrected chi connectivity index (χ2v) is 4.81. The number of ether oxygens (including phenoxy) is 1. The van der Waals surface area contributed by atoms with Gasteiger partial charge in [-0.1, -0.05) is 0 Å². The van der Waals surface area contributed by atoms with Crippen molar-refractivity contribution in [3.8, 4) is 5.75 Å². The van der Waals surface area contributed by atoms with Gasteiger partial charge in [-0.3, -0.25) is 4.98 Å². The average molecular weight is 249 g/mol. The highest BCUT2D eigenvalue weighted by Crippen LogP contribution is 2.23. The standard InChI is InChI=1S/C12H15N3OS/c1-9(2)16-11-4-3-5-14-12(11)15-7-10-6-13-8-17-10/h3-6,8-9H,7H2,1-2H3,(H,14,15). The molecule has 0 saturated carbocycles. The van der Waals surface area contributed by atoms with Crippen LogP contribution in [-0.2, 0) is 6.54 Å². The fraction of sp³-hybridized carbons (Fsp3) is 0.333. The summed E-state index contributed by atoms with van der Waals surface area (Å²) in [7, 11) is 0. The molecule has 2 aromatic rings. The van der Waals surface area contributed by atoms with E-state index in [9.17, 15) is 0 Å². The first kappa shape index (κ1) is 11.9. The molecule has 0 aliphatic rings. The summed E-state index contributed by atoms with van der Waals surface area (Å²) >= 11 is 1.62. The van der Waals surface area contributed by atoms with Gasteiger partial charge in [-0.05, 0) is 26.0 Å². The number of hydrogen-bond donors (Lipinski definition) is 1. The molecular weight excluding hydrogens is 234 g/mol. The molecule has 2 rings (SSSR count). The molecule has 2 heterocycles. The van der Waals surface area contributed by atoms with Gasteiger partial charge < -0.3 is 10.1 Å². The van der Waals surface area contributed by atoms with E-state index in [2.05, 4.69) is 15.3 Å². The lowest BCUT2D eigenvalue weighted by atomic mass is 10.4. The summed E-state index contributed by atoms with van der Waals surface area (Å²) in [6.45, 7) is 4.72. The molecule has 0 saturated heterocycles. The minimum atomic E-state index is 0.142. The molecule has 0 spiro atoms. The van der Waals surface area contributed by atoms with Crippen molar-refractivity contribution in [2.24, 2.45) is 0 Å². The van der Waals surface area contributed by atoms with Crippen molar-refractivity contribution in [1.82, 2.24) is 9.97 Å². The van der Waals surface area contributed by atoms with Gasteiger partial charge in [0, 0.05) is 17.3 Å². The fourth-order valence-electron chi connectivity index (χ4n) is 1.37. The van der Waals surface area contributed by atoms with Gasteiger partial charge in [0.15, 0.2) is 11.6 Å². The summed E-state index contributed by atoms with van der Waals surface area (Å²) < 4.78 is 5.68. The van der Waals surface area contributed by atoms with Gasteiger partial charge in [0.2, 0.25) is 0 Å². The Morgan fingerprint density at radius 2 is 2.35 bits per heavy atom. The number of thiazole rings is 1. The Morgan fingerprint density at radius 1 is 1.47 bits per heavy atom. The number of nitrogens with zero attached hydrogens (tertiary/aromatic N) is 2. The largest absolute Gasteiger partial charge is 0.487 e. The SMILES string of the molecule is CC(C)Oc1cccnc1NCc1cncs1. The summed E-state index contributed by atoms with van der Waals surface area (Å²) in [4.78, 5) is 9.48. The highest BCUT2D eigenvalue weighted by molar-refractivity contribution is 7.09. The van der Waals surface area contributed by atoms with Crippen molar-refractivity contribution in [3.63, 3.8) is 0 Å². The van der Waals surface area contributed by atoms with E-state index in [1.807, 2.05) is 37.7 Å². The van der Waals surface area contributed by atoms with Crippen molar-refractivity contribution in [3.05, 3.63) is 34.9 Å². The van der Waals surface area contributed by atoms with E-state index in [4.69, 9.17) is 4.74 Å². The Labute approximate surface area is 105 Å². The Hall–Kier alpha value is -1.62. The molecule has 0 aliphatic carbocycles. The van der Waals surface area contributed by atoms with E-state index in [1.165, 1.54) is 4.88 Å². The van der Waals surface area contributed by atoms with Crippen LogP contribution in [0.5, 0.6) is 5.75 Å². The van der Waals surface area contributed by atoms with Crippen LogP contribution < -0.4 is 10.1 Å². The molecule has 0 amide bonds. The van der Waals surface area contributed by atoms with Crippen molar-refractivity contribution in [2.45, 2.75) is 26.5 Å². The maximum absolute atomic E-state index is 5.68. The summed E-state index contributed by atoms with van der Waals surface area (Å²) in [6.07, 6.45) is 3.74. The lowest BCUT2D eigenvalue weighted by Crippen LogP contribution is -2.09. The molecule has 2 aromatic heterocycles. The van der Waals surface area contributed by atoms with Gasteiger partial charge in [-0.15, -0.1) is 11.3 Å². The molecule has 0 atom stereocenters. The lowest BCUT2D eigenvalue weighted by Gasteiger charge is -2.13. The lowest BCUT2D eigenvalue weighted by molar-refractivity contribution is 0.243. The molecule has 4 nitrogen and oxygen atoms in total. The van der Waals surface area contributed by atoms with Gasteiger partial charge in [-0.25, -0.2) is 4.98 Å². The van der Waals surface area contributed by atoms with Crippen LogP contribution in [0.4, 0.5) is 5.82 Å². The highest BCUT2D eigenvalue weighted by atomic mass is 32.1. The molecule has 0 aliphatic heterocycles. The normalized spacial score (nSPS) is 10.5. The second-order valence-electron chi connectivity index (χ2n) is 3.84. The van der Waals surface area contributed by atoms with E-state index < -0.39 is 0 Å². The van der Waals surface area contributed by atoms with Crippen molar-refractivity contribution >= 4 is 17.2 Å². The summed E-state index contributed by atoms with van der Waals surface area (Å²) in [6, 6.07) is 3.79. The molecular formula is C12H15N3OS. The number of hydrogen-bond acceptors (Lipinski definition) is 5. The Bertz CT molecular complexity index is 457. The zero-order valence-corrected chi connectivity index (χ0v) is 10.7. The Balaban J connectivity index is 2.04. The number of nitrogens with one attached hydrogen (secondary N) is 1. The van der Waals surface area contributed by atoms with Crippen LogP contribution in [0, 0.1) is 0 Å². The Morgan fingerprint density at radius 3 is 3.06 bits per heavy atom. The van der Waals surface area contributed by atoms with E-state index in [0.717, 1.165) is 18.1 Å². The molecule has 0 aromatic carbocycles. The molecule has 0 fully saturated rings. The smallest absolute Gasteiger partial charge is 0.169 e. The molecule has 0 unspecified atom stereocenters. The van der Waals surface area contributed by atoms with E-state index in [0.29, 0.717) is 0 Å². The molecule has 90 valence electrons. The number of anilines is 1. The third kappa shape index (κ3) is 3.42. The van der Waals surface area contributed by atoms with E-state index >= 15 is 0 Å². The van der Waals surface area contributed by atoms with Crippen LogP contribution >= 0.6 is 11.3 Å². The maximum Gasteiger partial charge on any atom is 0.169 e. The minimum Gasteiger partial charge on any atom is -0.487 e. The van der Waals surface area contributed by atoms with Gasteiger partial charge in [0.25, 0.3) is 0 Å². The van der Waals surface area contributed by atoms with Crippen molar-refractivity contribution < 1.29 is 4.74 Å². The predicted molar refractivity (Wildman–Crippen MR) is 69.4 cm³/mol. The first-order valence-corrected chi connectivity index (χ1v) is 6.36. The molecule has 0 bridgehead atoms. The number of pyridine rings is 1. The zero-order chi connectivity index (χ0) is 12.1. The monoisotopic (exact) mass is 249 g/mol. The van der Waals surface area contributed by atoms with Gasteiger partial charge in [0.1, 0.15) is 0 Å². The first-order chi connectivity index (χ1) is 8.25. The Kier molecular flexibility index (Phi) is 3.93. The van der Waals surface area contributed by atoms with Crippen LogP contribution in [0.1, 0.15) is 18.7 Å². The van der Waals surface area contributed by atoms with Crippen LogP contribution in [0.2, 0.25) is 0 Å². The maximum atomic E-state index is 5.68. The fourth-order valence-corrected chi connectivity index (χ4v) is 1.91. The average Bonchev–Trinajstić information content (AvgIpc) is 2.80. The third-order valence-corrected chi connectivity index (χ3v) is 2.83. The summed E-state index contributed by atoms with van der Waals surface area (Å²) in [5.41, 5.74) is 1.82. The van der Waals surface area contributed by atoms with E-state index in [1.54, 1.807) is 17.5 Å². The molecule has 1 N–H and O–H groups in total. The van der Waals surface area contributed by atoms with Crippen molar-refractivity contribution in [1.29, 1.82) is 0 Å². The number of rotatable bonds is 5. The topological polar surface area (TPSA) is 47.0 Å². The van der Waals surface area contributed by atoms with Crippen LogP contribution in [-0.4, -0.2) is 16.1 Å². The molecule has 5 heteroatoms. The zero-order valence-electron chi connectivity index (χ0n) is 9.88. The van der Waals surface area contributed by atoms with Crippen molar-refractivity contribution in [2.75, 3.05) is 5.32 Å². The van der Waals surface area contributed by atoms with Gasteiger partial charge in [-0.2, -0.15) is 0 Å². The van der Waals surface area contributed by atoms with Crippen LogP contribution in [0.3, 0.4) is 0 Å². The third-order valence-electron chi connectivity index (χ3n) is 2.05.